The molecular formula is C112H70N2. The third-order valence-corrected chi connectivity index (χ3v) is 25.1. The van der Waals surface area contributed by atoms with Gasteiger partial charge in [0.2, 0.25) is 0 Å². The summed E-state index contributed by atoms with van der Waals surface area (Å²) >= 11 is 0. The number of hydrogen-bond acceptors (Lipinski definition) is 2. The Bertz CT molecular complexity index is 7080. The van der Waals surface area contributed by atoms with Crippen LogP contribution in [0.1, 0.15) is 44.5 Å². The third-order valence-electron chi connectivity index (χ3n) is 25.1. The average molecular weight is 1440 g/mol. The zero-order valence-electron chi connectivity index (χ0n) is 62.3. The molecule has 2 heterocycles. The molecule has 0 saturated heterocycles. The smallest absolute Gasteiger partial charge is 0.0725 e. The van der Waals surface area contributed by atoms with E-state index in [0.717, 1.165) is 22.5 Å². The van der Waals surface area contributed by atoms with Crippen molar-refractivity contribution in [2.24, 2.45) is 0 Å². The van der Waals surface area contributed by atoms with E-state index >= 15 is 0 Å². The fourth-order valence-corrected chi connectivity index (χ4v) is 20.3. The first kappa shape index (κ1) is 65.2. The minimum absolute atomic E-state index is 0.335. The first-order valence-corrected chi connectivity index (χ1v) is 39.6. The van der Waals surface area contributed by atoms with E-state index in [9.17, 15) is 0 Å². The maximum absolute atomic E-state index is 5.27. The second kappa shape index (κ2) is 26.0. The van der Waals surface area contributed by atoms with Crippen LogP contribution in [0, 0.1) is 0 Å². The van der Waals surface area contributed by atoms with E-state index in [1.165, 1.54) is 199 Å². The molecule has 2 nitrogen and oxygen atoms in total. The van der Waals surface area contributed by atoms with Gasteiger partial charge in [-0.3, -0.25) is 9.97 Å². The van der Waals surface area contributed by atoms with E-state index < -0.39 is 0 Å². The Morgan fingerprint density at radius 1 is 0.140 bits per heavy atom. The van der Waals surface area contributed by atoms with Crippen molar-refractivity contribution in [3.63, 3.8) is 0 Å². The Balaban J connectivity index is 0.000000135. The van der Waals surface area contributed by atoms with Crippen LogP contribution in [-0.4, -0.2) is 9.97 Å². The minimum Gasteiger partial charge on any atom is -0.256 e. The van der Waals surface area contributed by atoms with E-state index in [1.54, 1.807) is 0 Å². The summed E-state index contributed by atoms with van der Waals surface area (Å²) in [4.78, 5) is 10.5. The highest BCUT2D eigenvalue weighted by Crippen LogP contribution is 2.65. The normalized spacial score (nSPS) is 13.1. The lowest BCUT2D eigenvalue weighted by molar-refractivity contribution is 0.794. The van der Waals surface area contributed by atoms with Crippen molar-refractivity contribution < 1.29 is 0 Å². The molecule has 0 bridgehead atoms. The Kier molecular flexibility index (Phi) is 14.9. The number of pyridine rings is 2. The zero-order chi connectivity index (χ0) is 75.0. The summed E-state index contributed by atoms with van der Waals surface area (Å²) in [5, 5.41) is 9.72. The predicted octanol–water partition coefficient (Wildman–Crippen LogP) is 28.8. The zero-order valence-corrected chi connectivity index (χ0v) is 62.3. The van der Waals surface area contributed by atoms with Gasteiger partial charge in [0.1, 0.15) is 0 Å². The molecule has 2 aromatic heterocycles. The lowest BCUT2D eigenvalue weighted by Gasteiger charge is -2.30. The molecule has 18 aromatic carbocycles. The fraction of sp³-hybridized carbons (Fsp3) is 0.0179. The van der Waals surface area contributed by atoms with Crippen LogP contribution in [0.5, 0.6) is 0 Å². The molecule has 4 aliphatic rings. The molecule has 20 aromatic rings. The van der Waals surface area contributed by atoms with Crippen LogP contribution in [0.25, 0.3) is 177 Å². The standard InChI is InChI=1S/2C56H35N/c1-2-14-36(15-3-1)37-26-28-38(29-27-37)54-45-19-4-6-21-47(45)55(48-22-7-5-20-46(48)54)53-33-31-40(35-57-53)39-30-32-44-43-18-10-13-25-51(43)56(52(44)34-39)49-23-11-8-16-41(49)42-17-9-12-24-50(42)56;1-2-14-36(15-3-1)37-26-28-38(29-27-37)54-44-19-4-6-21-46(44)55(47-22-7-5-20-45(47)54)53-33-31-40(35-57-53)39-30-32-52-48(34-39)43-18-10-13-25-51(43)56(52)49-23-11-8-16-41(49)42-17-9-12-24-50(42)56/h2*1-35H. The highest BCUT2D eigenvalue weighted by Gasteiger charge is 2.53. The van der Waals surface area contributed by atoms with Gasteiger partial charge in [0.05, 0.1) is 22.2 Å². The molecule has 114 heavy (non-hydrogen) atoms. The Morgan fingerprint density at radius 2 is 0.377 bits per heavy atom. The Labute approximate surface area is 662 Å². The van der Waals surface area contributed by atoms with Gasteiger partial charge in [-0.05, 0) is 212 Å². The quantitative estimate of drug-likeness (QED) is 0.142. The molecule has 0 fully saturated rings. The maximum atomic E-state index is 5.27. The number of fused-ring (bicyclic) bond motifs is 24. The SMILES string of the molecule is c1ccc(-c2ccc(-c3c4ccccc4c(-c4ccc(-c5ccc6c(c5)-c5ccccc5C65c6ccccc6-c6ccccc65)cn4)c4ccccc34)cc2)cc1.c1ccc(-c2ccc(-c3c4ccccc4c(-c4ccc(-c5ccc6c(c5)C5(c7ccccc7-c7ccccc75)c5ccccc5-6)cn4)c4ccccc34)cc2)cc1. The molecule has 2 spiro atoms. The summed E-state index contributed by atoms with van der Waals surface area (Å²) in [6.45, 7) is 0. The summed E-state index contributed by atoms with van der Waals surface area (Å²) in [6, 6.07) is 151. The second-order valence-corrected chi connectivity index (χ2v) is 30.7. The van der Waals surface area contributed by atoms with Crippen LogP contribution in [0.2, 0.25) is 0 Å². The summed E-state index contributed by atoms with van der Waals surface area (Å²) in [5.74, 6) is 0. The number of aromatic nitrogens is 2. The summed E-state index contributed by atoms with van der Waals surface area (Å²) in [7, 11) is 0. The van der Waals surface area contributed by atoms with Gasteiger partial charge in [-0.15, -0.1) is 0 Å². The average Bonchev–Trinajstić information content (AvgIpc) is 1.51. The lowest BCUT2D eigenvalue weighted by atomic mass is 9.70. The Morgan fingerprint density at radius 3 is 0.719 bits per heavy atom. The lowest BCUT2D eigenvalue weighted by Crippen LogP contribution is -2.25. The highest BCUT2D eigenvalue weighted by atomic mass is 14.7. The molecule has 2 heteroatoms. The molecule has 0 amide bonds. The number of rotatable bonds is 8. The van der Waals surface area contributed by atoms with E-state index in [2.05, 4.69) is 425 Å². The molecule has 4 aliphatic carbocycles. The molecule has 0 aliphatic heterocycles. The van der Waals surface area contributed by atoms with E-state index in [-0.39, 0.29) is 10.8 Å². The van der Waals surface area contributed by atoms with Gasteiger partial charge in [0.15, 0.2) is 0 Å². The number of hydrogen-bond donors (Lipinski definition) is 0. The van der Waals surface area contributed by atoms with Crippen LogP contribution in [-0.2, 0) is 10.8 Å². The van der Waals surface area contributed by atoms with Gasteiger partial charge in [0.25, 0.3) is 0 Å². The van der Waals surface area contributed by atoms with Crippen LogP contribution in [0.3, 0.4) is 0 Å². The summed E-state index contributed by atoms with van der Waals surface area (Å²) in [5.41, 5.74) is 39.3. The maximum Gasteiger partial charge on any atom is 0.0725 e. The summed E-state index contributed by atoms with van der Waals surface area (Å²) in [6.07, 6.45) is 4.13. The molecule has 0 radical (unpaired) electrons. The highest BCUT2D eigenvalue weighted by molar-refractivity contribution is 6.23. The number of benzene rings is 18. The molecule has 0 atom stereocenters. The van der Waals surface area contributed by atoms with Crippen molar-refractivity contribution in [2.45, 2.75) is 10.8 Å². The first-order valence-electron chi connectivity index (χ1n) is 39.6. The monoisotopic (exact) mass is 1440 g/mol. The van der Waals surface area contributed by atoms with Crippen molar-refractivity contribution in [3.8, 4) is 134 Å². The number of nitrogens with zero attached hydrogens (tertiary/aromatic N) is 2. The van der Waals surface area contributed by atoms with Crippen molar-refractivity contribution in [3.05, 3.63) is 469 Å². The van der Waals surface area contributed by atoms with Gasteiger partial charge in [-0.25, -0.2) is 0 Å². The largest absolute Gasteiger partial charge is 0.256 e. The topological polar surface area (TPSA) is 25.8 Å². The third kappa shape index (κ3) is 9.68. The van der Waals surface area contributed by atoms with E-state index in [4.69, 9.17) is 9.97 Å². The van der Waals surface area contributed by atoms with Crippen LogP contribution in [0.4, 0.5) is 0 Å². The molecule has 24 rings (SSSR count). The molecule has 0 N–H and O–H groups in total. The fourth-order valence-electron chi connectivity index (χ4n) is 20.3. The van der Waals surface area contributed by atoms with Gasteiger partial charge >= 0.3 is 0 Å². The van der Waals surface area contributed by atoms with Gasteiger partial charge < -0.3 is 0 Å². The van der Waals surface area contributed by atoms with Crippen molar-refractivity contribution in [1.82, 2.24) is 9.97 Å². The van der Waals surface area contributed by atoms with Crippen LogP contribution < -0.4 is 0 Å². The van der Waals surface area contributed by atoms with Crippen LogP contribution in [0.15, 0.2) is 425 Å². The summed E-state index contributed by atoms with van der Waals surface area (Å²) < 4.78 is 0. The second-order valence-electron chi connectivity index (χ2n) is 30.7. The first-order chi connectivity index (χ1) is 56.6. The van der Waals surface area contributed by atoms with Crippen molar-refractivity contribution in [1.29, 1.82) is 0 Å². The van der Waals surface area contributed by atoms with Crippen molar-refractivity contribution >= 4 is 43.1 Å². The minimum atomic E-state index is -0.371. The molecule has 0 saturated carbocycles. The van der Waals surface area contributed by atoms with E-state index in [1.807, 2.05) is 0 Å². The molecule has 0 unspecified atom stereocenters. The predicted molar refractivity (Wildman–Crippen MR) is 475 cm³/mol. The van der Waals surface area contributed by atoms with E-state index in [0.29, 0.717) is 0 Å². The van der Waals surface area contributed by atoms with Crippen molar-refractivity contribution in [2.75, 3.05) is 0 Å². The Hall–Kier alpha value is -14.7. The van der Waals surface area contributed by atoms with Gasteiger partial charge in [-0.2, -0.15) is 0 Å². The van der Waals surface area contributed by atoms with Gasteiger partial charge in [-0.1, -0.05) is 388 Å². The molecular weight excluding hydrogens is 1370 g/mol. The van der Waals surface area contributed by atoms with Crippen LogP contribution >= 0.6 is 0 Å². The van der Waals surface area contributed by atoms with Gasteiger partial charge in [0, 0.05) is 34.6 Å². The molecule has 528 valence electrons.